The Balaban J connectivity index is 1.06. The second-order valence-electron chi connectivity index (χ2n) is 24.1. The number of rotatable bonds is 26. The summed E-state index contributed by atoms with van der Waals surface area (Å²) in [5, 5.41) is 107. The van der Waals surface area contributed by atoms with E-state index in [1.54, 1.807) is 0 Å². The molecule has 16 atom stereocenters. The van der Waals surface area contributed by atoms with Crippen molar-refractivity contribution in [3.05, 3.63) is 59.7 Å². The predicted octanol–water partition coefficient (Wildman–Crippen LogP) is -6.92. The van der Waals surface area contributed by atoms with Crippen molar-refractivity contribution in [2.45, 2.75) is 181 Å². The van der Waals surface area contributed by atoms with Crippen molar-refractivity contribution in [2.75, 3.05) is 45.9 Å². The molecule has 0 radical (unpaired) electrons. The number of phenolic OH excluding ortho intramolecular Hbond substituents is 2. The lowest BCUT2D eigenvalue weighted by atomic mass is 10.0. The fourth-order valence-corrected chi connectivity index (χ4v) is 12.3. The van der Waals surface area contributed by atoms with E-state index >= 15 is 0 Å². The summed E-state index contributed by atoms with van der Waals surface area (Å²) in [6.07, 6.45) is -7.48. The fraction of sp³-hybridized carbons (Fsp3) is 0.610. The SMILES string of the molecule is C[C@H](N)C(=O)N[C@@H](CCCCN)C(=O)N1CCC[C@H]1C(=O)N[C@@H](CO)C(=O)N[C@@H](Cc1ccc(O)cc1)C(=O)N1C[C@H](O)C[C@H]1C(=O)N1C[C@H](O)C[C@H]1C(=O)N1C[C@H](O)C[C@H]1C(=O)N[C@H](C(=O)N[C@@H](Cc1ccc(O)cc1)C(=O)N1C[C@H](O)C[C@H]1C(=O)O)[C@@H](C)O. The van der Waals surface area contributed by atoms with Crippen molar-refractivity contribution < 1.29 is 98.7 Å². The molecule has 0 saturated carbocycles. The van der Waals surface area contributed by atoms with E-state index in [1.165, 1.54) is 60.4 Å². The Labute approximate surface area is 523 Å². The van der Waals surface area contributed by atoms with Crippen LogP contribution in [0.5, 0.6) is 11.5 Å². The van der Waals surface area contributed by atoms with Crippen LogP contribution < -0.4 is 38.1 Å². The number of benzene rings is 2. The van der Waals surface area contributed by atoms with Gasteiger partial charge in [-0.15, -0.1) is 0 Å². The minimum atomic E-state index is -1.87. The highest BCUT2D eigenvalue weighted by atomic mass is 16.4. The lowest BCUT2D eigenvalue weighted by Crippen LogP contribution is -2.61. The lowest BCUT2D eigenvalue weighted by molar-refractivity contribution is -0.151. The Morgan fingerprint density at radius 1 is 0.527 bits per heavy atom. The summed E-state index contributed by atoms with van der Waals surface area (Å²) in [6, 6.07) is -5.17. The van der Waals surface area contributed by atoms with E-state index in [4.69, 9.17) is 11.5 Å². The zero-order chi connectivity index (χ0) is 66.7. The second-order valence-corrected chi connectivity index (χ2v) is 24.1. The van der Waals surface area contributed by atoms with E-state index in [9.17, 15) is 98.7 Å². The molecule has 0 unspecified atom stereocenters. The zero-order valence-electron chi connectivity index (χ0n) is 50.5. The molecular formula is C59H84N12O20. The molecule has 10 amide bonds. The van der Waals surface area contributed by atoms with Gasteiger partial charge in [0.15, 0.2) is 0 Å². The summed E-state index contributed by atoms with van der Waals surface area (Å²) in [7, 11) is 0. The number of phenols is 2. The van der Waals surface area contributed by atoms with Crippen LogP contribution in [0.2, 0.25) is 0 Å². The molecule has 5 heterocycles. The van der Waals surface area contributed by atoms with E-state index < -0.39 is 214 Å². The number of hydrogen-bond donors (Lipinski definition) is 16. The number of likely N-dealkylation sites (tertiary alicyclic amines) is 5. The van der Waals surface area contributed by atoms with Crippen LogP contribution in [0, 0.1) is 0 Å². The molecule has 0 aromatic heterocycles. The molecule has 5 saturated heterocycles. The molecule has 91 heavy (non-hydrogen) atoms. The standard InChI is InChI=1S/C59H84N12O20/c1-29(61)49(80)62-39(6-3-4-16-60)54(85)67-17-5-7-43(67)51(82)65-42(28-72)50(81)63-40(18-31-8-12-33(74)13-9-31)55(86)69-25-36(77)21-45(69)58(89)70-26-37(78)22-46(70)57(88)68-24-35(76)20-44(68)52(83)66-48(30(2)73)53(84)64-41(19-32-10-14-34(75)15-11-32)56(87)71-27-38(79)23-47(71)59(90)91/h8-15,29-30,35-48,72-79H,3-7,16-28,60-61H2,1-2H3,(H,62,80)(H,63,81)(H,64,84)(H,65,82)(H,66,83)(H,90,91)/t29-,30+,35+,36+,37+,38+,39-,40-,41-,42-,43-,44-,45-,46-,47-,48-/m0/s1. The Kier molecular flexibility index (Phi) is 24.2. The molecule has 500 valence electrons. The third-order valence-corrected chi connectivity index (χ3v) is 17.1. The number of aliphatic hydroxyl groups excluding tert-OH is 6. The van der Waals surface area contributed by atoms with E-state index in [-0.39, 0.29) is 50.1 Å². The summed E-state index contributed by atoms with van der Waals surface area (Å²) in [4.78, 5) is 159. The van der Waals surface area contributed by atoms with Crippen molar-refractivity contribution in [3.63, 3.8) is 0 Å². The molecule has 18 N–H and O–H groups in total. The summed E-state index contributed by atoms with van der Waals surface area (Å²) in [6.45, 7) is 0.107. The van der Waals surface area contributed by atoms with Gasteiger partial charge in [-0.05, 0) is 87.9 Å². The highest BCUT2D eigenvalue weighted by Crippen LogP contribution is 2.31. The van der Waals surface area contributed by atoms with E-state index in [1.807, 2.05) is 0 Å². The Morgan fingerprint density at radius 3 is 1.44 bits per heavy atom. The van der Waals surface area contributed by atoms with Gasteiger partial charge in [0, 0.05) is 71.2 Å². The number of carboxylic acids is 1. The first-order chi connectivity index (χ1) is 43.1. The van der Waals surface area contributed by atoms with Crippen molar-refractivity contribution in [3.8, 4) is 11.5 Å². The van der Waals surface area contributed by atoms with Gasteiger partial charge in [0.1, 0.15) is 71.9 Å². The third kappa shape index (κ3) is 17.5. The smallest absolute Gasteiger partial charge is 0.326 e. The average Bonchev–Trinajstić information content (AvgIpc) is 1.81. The number of β-amino-alcohol motifs (C(OH)–C–C–N with tert-alkyl or cyclic N) is 4. The van der Waals surface area contributed by atoms with Gasteiger partial charge in [0.2, 0.25) is 59.1 Å². The lowest BCUT2D eigenvalue weighted by Gasteiger charge is -2.35. The summed E-state index contributed by atoms with van der Waals surface area (Å²) >= 11 is 0. The van der Waals surface area contributed by atoms with Gasteiger partial charge in [-0.3, -0.25) is 47.9 Å². The molecule has 7 rings (SSSR count). The number of hydrogen-bond acceptors (Lipinski definition) is 21. The summed E-state index contributed by atoms with van der Waals surface area (Å²) < 4.78 is 0. The zero-order valence-corrected chi connectivity index (χ0v) is 50.5. The van der Waals surface area contributed by atoms with Gasteiger partial charge < -0.3 is 109 Å². The Morgan fingerprint density at radius 2 is 0.956 bits per heavy atom. The van der Waals surface area contributed by atoms with Gasteiger partial charge in [0.25, 0.3) is 0 Å². The summed E-state index contributed by atoms with van der Waals surface area (Å²) in [5.74, 6) is -10.8. The van der Waals surface area contributed by atoms with Gasteiger partial charge in [-0.1, -0.05) is 24.3 Å². The van der Waals surface area contributed by atoms with Gasteiger partial charge in [-0.25, -0.2) is 4.79 Å². The topological polar surface area (TPSA) is 498 Å². The maximum atomic E-state index is 14.9. The number of carboxylic acid groups (broad SMARTS) is 1. The highest BCUT2D eigenvalue weighted by Gasteiger charge is 2.52. The molecule has 32 heteroatoms. The first-order valence-corrected chi connectivity index (χ1v) is 30.4. The third-order valence-electron chi connectivity index (χ3n) is 17.1. The Bertz CT molecular complexity index is 2980. The summed E-state index contributed by atoms with van der Waals surface area (Å²) in [5.41, 5.74) is 12.2. The van der Waals surface area contributed by atoms with E-state index in [0.717, 1.165) is 26.5 Å². The molecule has 5 aliphatic rings. The normalized spacial score (nSPS) is 25.4. The fourth-order valence-electron chi connectivity index (χ4n) is 12.3. The van der Waals surface area contributed by atoms with Crippen LogP contribution in [0.1, 0.15) is 82.8 Å². The number of unbranched alkanes of at least 4 members (excludes halogenated alkanes) is 1. The van der Waals surface area contributed by atoms with Crippen LogP contribution in [-0.4, -0.2) is 278 Å². The van der Waals surface area contributed by atoms with Crippen LogP contribution in [0.3, 0.4) is 0 Å². The average molecular weight is 1280 g/mol. The number of carbonyl (C=O) groups is 11. The number of nitrogens with zero attached hydrogens (tertiary/aromatic N) is 5. The number of aliphatic carboxylic acids is 1. The van der Waals surface area contributed by atoms with Crippen molar-refractivity contribution in [1.29, 1.82) is 0 Å². The van der Waals surface area contributed by atoms with Crippen LogP contribution >= 0.6 is 0 Å². The van der Waals surface area contributed by atoms with E-state index in [2.05, 4.69) is 26.6 Å². The van der Waals surface area contributed by atoms with Crippen molar-refractivity contribution in [1.82, 2.24) is 51.1 Å². The molecule has 0 aliphatic carbocycles. The number of amides is 10. The number of aromatic hydroxyl groups is 2. The minimum Gasteiger partial charge on any atom is -0.508 e. The van der Waals surface area contributed by atoms with Crippen molar-refractivity contribution in [2.24, 2.45) is 11.5 Å². The maximum Gasteiger partial charge on any atom is 0.326 e. The molecule has 2 aromatic carbocycles. The number of nitrogens with two attached hydrogens (primary N) is 2. The molecule has 5 fully saturated rings. The molecule has 2 aromatic rings. The Hall–Kier alpha value is -8.11. The van der Waals surface area contributed by atoms with E-state index in [0.29, 0.717) is 36.9 Å². The molecular weight excluding hydrogens is 1200 g/mol. The van der Waals surface area contributed by atoms with Gasteiger partial charge in [-0.2, -0.15) is 0 Å². The first kappa shape index (κ1) is 70.3. The van der Waals surface area contributed by atoms with Crippen LogP contribution in [0.25, 0.3) is 0 Å². The molecule has 5 aliphatic heterocycles. The second kappa shape index (κ2) is 31.3. The molecule has 32 nitrogen and oxygen atoms in total. The highest BCUT2D eigenvalue weighted by molar-refractivity contribution is 6.00. The van der Waals surface area contributed by atoms with Crippen LogP contribution in [0.4, 0.5) is 0 Å². The monoisotopic (exact) mass is 1280 g/mol. The quantitative estimate of drug-likeness (QED) is 0.0389. The van der Waals surface area contributed by atoms with Gasteiger partial charge >= 0.3 is 5.97 Å². The molecule has 0 spiro atoms. The number of aliphatic hydroxyl groups is 6. The van der Waals surface area contributed by atoms with Crippen LogP contribution in [-0.2, 0) is 65.6 Å². The number of nitrogens with one attached hydrogen (secondary N) is 5. The van der Waals surface area contributed by atoms with Gasteiger partial charge in [0.05, 0.1) is 43.2 Å². The number of carbonyl (C=O) groups excluding carboxylic acids is 10. The predicted molar refractivity (Wildman–Crippen MR) is 315 cm³/mol. The minimum absolute atomic E-state index is 0.115. The van der Waals surface area contributed by atoms with Crippen molar-refractivity contribution >= 4 is 65.0 Å². The van der Waals surface area contributed by atoms with Crippen LogP contribution in [0.15, 0.2) is 48.5 Å². The maximum absolute atomic E-state index is 14.9. The molecule has 0 bridgehead atoms. The first-order valence-electron chi connectivity index (χ1n) is 30.4. The largest absolute Gasteiger partial charge is 0.508 e.